The van der Waals surface area contributed by atoms with Crippen LogP contribution >= 0.6 is 0 Å². The lowest BCUT2D eigenvalue weighted by Crippen LogP contribution is -2.32. The van der Waals surface area contributed by atoms with Crippen LogP contribution in [0, 0.1) is 5.82 Å². The van der Waals surface area contributed by atoms with Gasteiger partial charge in [0.05, 0.1) is 17.7 Å². The zero-order chi connectivity index (χ0) is 17.4. The molecule has 0 saturated carbocycles. The number of benzene rings is 2. The van der Waals surface area contributed by atoms with Crippen molar-refractivity contribution in [3.63, 3.8) is 0 Å². The molecule has 0 unspecified atom stereocenters. The van der Waals surface area contributed by atoms with Crippen molar-refractivity contribution in [2.75, 3.05) is 19.8 Å². The minimum atomic E-state index is -0.615. The first-order valence-corrected chi connectivity index (χ1v) is 8.26. The normalized spacial score (nSPS) is 22.1. The van der Waals surface area contributed by atoms with E-state index in [4.69, 9.17) is 9.47 Å². The number of amides is 1. The van der Waals surface area contributed by atoms with Crippen LogP contribution in [-0.4, -0.2) is 41.8 Å². The predicted octanol–water partition coefficient (Wildman–Crippen LogP) is 2.55. The highest BCUT2D eigenvalue weighted by atomic mass is 19.1. The maximum absolute atomic E-state index is 13.2. The highest BCUT2D eigenvalue weighted by Gasteiger charge is 2.37. The maximum Gasteiger partial charge on any atom is 0.258 e. The third-order valence-corrected chi connectivity index (χ3v) is 4.59. The van der Waals surface area contributed by atoms with Gasteiger partial charge in [0, 0.05) is 6.54 Å². The van der Waals surface area contributed by atoms with Gasteiger partial charge in [0.25, 0.3) is 5.91 Å². The molecule has 1 N–H and O–H groups in total. The van der Waals surface area contributed by atoms with Gasteiger partial charge in [0.2, 0.25) is 0 Å². The second kappa shape index (κ2) is 6.37. The second-order valence-corrected chi connectivity index (χ2v) is 6.24. The SMILES string of the molecule is O=C(c1cccc2c1OCCO2)N1C[C@@H](O)C[C@@H]1c1ccc(F)cc1. The number of para-hydroxylation sites is 1. The molecule has 2 atom stereocenters. The van der Waals surface area contributed by atoms with Crippen LogP contribution in [0.1, 0.15) is 28.4 Å². The Hall–Kier alpha value is -2.60. The van der Waals surface area contributed by atoms with E-state index in [1.165, 1.54) is 12.1 Å². The summed E-state index contributed by atoms with van der Waals surface area (Å²) >= 11 is 0. The average Bonchev–Trinajstić information content (AvgIpc) is 3.03. The fourth-order valence-electron chi connectivity index (χ4n) is 3.44. The van der Waals surface area contributed by atoms with Gasteiger partial charge in [-0.2, -0.15) is 0 Å². The van der Waals surface area contributed by atoms with Crippen LogP contribution in [0.25, 0.3) is 0 Å². The summed E-state index contributed by atoms with van der Waals surface area (Å²) in [5, 5.41) is 10.1. The first-order valence-electron chi connectivity index (χ1n) is 8.26. The molecule has 25 heavy (non-hydrogen) atoms. The molecular formula is C19H18FNO4. The topological polar surface area (TPSA) is 59.0 Å². The van der Waals surface area contributed by atoms with Crippen molar-refractivity contribution in [1.82, 2.24) is 4.90 Å². The third-order valence-electron chi connectivity index (χ3n) is 4.59. The highest BCUT2D eigenvalue weighted by molar-refractivity contribution is 5.98. The summed E-state index contributed by atoms with van der Waals surface area (Å²) in [4.78, 5) is 14.7. The lowest BCUT2D eigenvalue weighted by atomic mass is 10.0. The average molecular weight is 343 g/mol. The van der Waals surface area contributed by atoms with Gasteiger partial charge in [-0.3, -0.25) is 4.79 Å². The van der Waals surface area contributed by atoms with Gasteiger partial charge >= 0.3 is 0 Å². The Kier molecular flexibility index (Phi) is 4.05. The van der Waals surface area contributed by atoms with Crippen LogP contribution in [0.5, 0.6) is 11.5 Å². The summed E-state index contributed by atoms with van der Waals surface area (Å²) < 4.78 is 24.4. The Bertz CT molecular complexity index is 793. The van der Waals surface area contributed by atoms with Gasteiger partial charge < -0.3 is 19.5 Å². The van der Waals surface area contributed by atoms with Gasteiger partial charge in [-0.1, -0.05) is 18.2 Å². The van der Waals surface area contributed by atoms with Crippen LogP contribution in [0.4, 0.5) is 4.39 Å². The van der Waals surface area contributed by atoms with Crippen molar-refractivity contribution >= 4 is 5.91 Å². The molecule has 0 aromatic heterocycles. The molecule has 130 valence electrons. The number of nitrogens with zero attached hydrogens (tertiary/aromatic N) is 1. The summed E-state index contributed by atoms with van der Waals surface area (Å²) in [6, 6.07) is 10.9. The number of halogens is 1. The predicted molar refractivity (Wildman–Crippen MR) is 88.2 cm³/mol. The fraction of sp³-hybridized carbons (Fsp3) is 0.316. The van der Waals surface area contributed by atoms with Crippen molar-refractivity contribution in [1.29, 1.82) is 0 Å². The van der Waals surface area contributed by atoms with E-state index >= 15 is 0 Å². The molecule has 2 aliphatic rings. The number of carbonyl (C=O) groups excluding carboxylic acids is 1. The van der Waals surface area contributed by atoms with Crippen LogP contribution in [0.2, 0.25) is 0 Å². The minimum Gasteiger partial charge on any atom is -0.486 e. The van der Waals surface area contributed by atoms with E-state index in [-0.39, 0.29) is 24.3 Å². The highest BCUT2D eigenvalue weighted by Crippen LogP contribution is 2.38. The molecule has 2 aliphatic heterocycles. The summed E-state index contributed by atoms with van der Waals surface area (Å²) in [7, 11) is 0. The van der Waals surface area contributed by atoms with E-state index in [2.05, 4.69) is 0 Å². The maximum atomic E-state index is 13.2. The number of likely N-dealkylation sites (tertiary alicyclic amines) is 1. The molecule has 1 saturated heterocycles. The van der Waals surface area contributed by atoms with E-state index in [1.54, 1.807) is 35.2 Å². The molecule has 2 aromatic carbocycles. The number of carbonyl (C=O) groups is 1. The largest absolute Gasteiger partial charge is 0.486 e. The van der Waals surface area contributed by atoms with E-state index in [9.17, 15) is 14.3 Å². The monoisotopic (exact) mass is 343 g/mol. The number of aliphatic hydroxyl groups excluding tert-OH is 1. The van der Waals surface area contributed by atoms with Gasteiger partial charge in [-0.15, -0.1) is 0 Å². The molecule has 0 bridgehead atoms. The van der Waals surface area contributed by atoms with Crippen molar-refractivity contribution in [2.45, 2.75) is 18.6 Å². The molecule has 1 fully saturated rings. The summed E-state index contributed by atoms with van der Waals surface area (Å²) in [5.74, 6) is 0.434. The lowest BCUT2D eigenvalue weighted by molar-refractivity contribution is 0.0705. The molecule has 2 aromatic rings. The van der Waals surface area contributed by atoms with Crippen molar-refractivity contribution in [2.24, 2.45) is 0 Å². The van der Waals surface area contributed by atoms with Gasteiger partial charge in [-0.25, -0.2) is 4.39 Å². The third kappa shape index (κ3) is 2.93. The first-order chi connectivity index (χ1) is 12.1. The number of hydrogen-bond acceptors (Lipinski definition) is 4. The van der Waals surface area contributed by atoms with Crippen LogP contribution < -0.4 is 9.47 Å². The lowest BCUT2D eigenvalue weighted by Gasteiger charge is -2.27. The Labute approximate surface area is 144 Å². The number of hydrogen-bond donors (Lipinski definition) is 1. The Morgan fingerprint density at radius 1 is 1.12 bits per heavy atom. The Balaban J connectivity index is 1.67. The van der Waals surface area contributed by atoms with E-state index in [1.807, 2.05) is 0 Å². The number of fused-ring (bicyclic) bond motifs is 1. The molecule has 4 rings (SSSR count). The van der Waals surface area contributed by atoms with Crippen molar-refractivity contribution < 1.29 is 23.8 Å². The molecule has 2 heterocycles. The Morgan fingerprint density at radius 3 is 2.68 bits per heavy atom. The quantitative estimate of drug-likeness (QED) is 0.910. The summed E-state index contributed by atoms with van der Waals surface area (Å²) in [6.07, 6.45) is -0.195. The summed E-state index contributed by atoms with van der Waals surface area (Å²) in [6.45, 7) is 1.07. The number of ether oxygens (including phenoxy) is 2. The molecule has 5 nitrogen and oxygen atoms in total. The zero-order valence-electron chi connectivity index (χ0n) is 13.5. The minimum absolute atomic E-state index is 0.228. The molecule has 1 amide bonds. The first kappa shape index (κ1) is 15.9. The van der Waals surface area contributed by atoms with Gasteiger partial charge in [0.1, 0.15) is 19.0 Å². The van der Waals surface area contributed by atoms with Gasteiger partial charge in [-0.05, 0) is 36.2 Å². The molecular weight excluding hydrogens is 325 g/mol. The van der Waals surface area contributed by atoms with E-state index in [0.29, 0.717) is 36.7 Å². The number of β-amino-alcohol motifs (C(OH)–C–C–N with tert-alkyl or cyclic N) is 1. The van der Waals surface area contributed by atoms with E-state index < -0.39 is 6.10 Å². The van der Waals surface area contributed by atoms with Gasteiger partial charge in [0.15, 0.2) is 11.5 Å². The fourth-order valence-corrected chi connectivity index (χ4v) is 3.44. The molecule has 0 radical (unpaired) electrons. The zero-order valence-corrected chi connectivity index (χ0v) is 13.5. The Morgan fingerprint density at radius 2 is 1.88 bits per heavy atom. The van der Waals surface area contributed by atoms with Crippen LogP contribution in [0.15, 0.2) is 42.5 Å². The molecule has 0 aliphatic carbocycles. The van der Waals surface area contributed by atoms with E-state index in [0.717, 1.165) is 5.56 Å². The number of aliphatic hydroxyl groups is 1. The molecule has 6 heteroatoms. The smallest absolute Gasteiger partial charge is 0.258 e. The molecule has 0 spiro atoms. The van der Waals surface area contributed by atoms with Crippen LogP contribution in [-0.2, 0) is 0 Å². The summed E-state index contributed by atoms with van der Waals surface area (Å²) in [5.41, 5.74) is 1.21. The standard InChI is InChI=1S/C19H18FNO4/c20-13-6-4-12(5-7-13)16-10-14(22)11-21(16)19(23)15-2-1-3-17-18(15)25-9-8-24-17/h1-7,14,16,22H,8-11H2/t14-,16+/m0/s1. The van der Waals surface area contributed by atoms with Crippen molar-refractivity contribution in [3.8, 4) is 11.5 Å². The van der Waals surface area contributed by atoms with Crippen molar-refractivity contribution in [3.05, 3.63) is 59.4 Å². The second-order valence-electron chi connectivity index (χ2n) is 6.24. The number of rotatable bonds is 2. The van der Waals surface area contributed by atoms with Crippen LogP contribution in [0.3, 0.4) is 0 Å².